The van der Waals surface area contributed by atoms with Crippen molar-refractivity contribution >= 4 is 23.1 Å². The highest BCUT2D eigenvalue weighted by atomic mass is 15.2. The smallest absolute Gasteiger partial charge is 0.0720 e. The minimum absolute atomic E-state index is 0.0266. The summed E-state index contributed by atoms with van der Waals surface area (Å²) in [5.74, 6) is 0. The molecule has 0 aromatic heterocycles. The number of rotatable bonds is 3. The molecular formula is C30H32N2. The largest absolute Gasteiger partial charge is 0.361 e. The van der Waals surface area contributed by atoms with Gasteiger partial charge in [0.15, 0.2) is 0 Å². The van der Waals surface area contributed by atoms with Gasteiger partial charge in [-0.05, 0) is 53.3 Å². The van der Waals surface area contributed by atoms with Gasteiger partial charge in [-0.2, -0.15) is 0 Å². The molecule has 1 atom stereocenters. The van der Waals surface area contributed by atoms with Crippen LogP contribution in [0.15, 0.2) is 72.8 Å². The molecule has 2 nitrogen and oxygen atoms in total. The van der Waals surface area contributed by atoms with Crippen LogP contribution in [0.25, 0.3) is 6.08 Å². The maximum Gasteiger partial charge on any atom is 0.0720 e. The standard InChI is InChI=1S/C30H32N2/c1-4-18-32-28-20-25(31-19-16-23-10-7-8-12-27(23)31)13-14-26(28)29(2,3)30(32)17-15-22-9-5-6-11-24(22)21-30/h5-15,17,20H,4,16,18-19,21H2,1-3H3. The second-order valence-corrected chi connectivity index (χ2v) is 10.1. The molecule has 2 aliphatic heterocycles. The third kappa shape index (κ3) is 2.59. The average molecular weight is 421 g/mol. The van der Waals surface area contributed by atoms with Crippen molar-refractivity contribution in [3.05, 3.63) is 95.1 Å². The molecule has 3 aliphatic rings. The van der Waals surface area contributed by atoms with Gasteiger partial charge in [0.2, 0.25) is 0 Å². The highest BCUT2D eigenvalue weighted by molar-refractivity contribution is 5.79. The first-order valence-corrected chi connectivity index (χ1v) is 12.1. The summed E-state index contributed by atoms with van der Waals surface area (Å²) in [5.41, 5.74) is 9.89. The Balaban J connectivity index is 1.47. The topological polar surface area (TPSA) is 6.48 Å². The van der Waals surface area contributed by atoms with Gasteiger partial charge in [0.25, 0.3) is 0 Å². The van der Waals surface area contributed by atoms with Crippen molar-refractivity contribution in [3.8, 4) is 0 Å². The van der Waals surface area contributed by atoms with Gasteiger partial charge >= 0.3 is 0 Å². The first-order chi connectivity index (χ1) is 15.5. The summed E-state index contributed by atoms with van der Waals surface area (Å²) in [6, 6.07) is 25.0. The lowest BCUT2D eigenvalue weighted by molar-refractivity contribution is 0.319. The van der Waals surface area contributed by atoms with Crippen molar-refractivity contribution in [3.63, 3.8) is 0 Å². The number of hydrogen-bond donors (Lipinski definition) is 0. The van der Waals surface area contributed by atoms with Gasteiger partial charge in [0.05, 0.1) is 5.54 Å². The first kappa shape index (κ1) is 19.7. The molecule has 0 saturated heterocycles. The van der Waals surface area contributed by atoms with Crippen LogP contribution < -0.4 is 9.80 Å². The van der Waals surface area contributed by atoms with Crippen LogP contribution in [-0.4, -0.2) is 18.6 Å². The zero-order valence-electron chi connectivity index (χ0n) is 19.4. The summed E-state index contributed by atoms with van der Waals surface area (Å²) in [6.45, 7) is 9.34. The molecule has 0 N–H and O–H groups in total. The van der Waals surface area contributed by atoms with Crippen LogP contribution in [0.1, 0.15) is 49.4 Å². The molecule has 6 rings (SSSR count). The fraction of sp³-hybridized carbons (Fsp3) is 0.333. The molecule has 162 valence electrons. The highest BCUT2D eigenvalue weighted by Gasteiger charge is 2.55. The molecule has 32 heavy (non-hydrogen) atoms. The van der Waals surface area contributed by atoms with Gasteiger partial charge < -0.3 is 9.80 Å². The molecule has 1 aliphatic carbocycles. The summed E-state index contributed by atoms with van der Waals surface area (Å²) in [5, 5.41) is 0. The molecule has 2 heteroatoms. The lowest BCUT2D eigenvalue weighted by Crippen LogP contribution is -2.57. The number of benzene rings is 3. The van der Waals surface area contributed by atoms with Gasteiger partial charge in [-0.25, -0.2) is 0 Å². The van der Waals surface area contributed by atoms with Crippen molar-refractivity contribution < 1.29 is 0 Å². The van der Waals surface area contributed by atoms with E-state index in [0.717, 1.165) is 32.4 Å². The third-order valence-corrected chi connectivity index (χ3v) is 8.21. The molecule has 0 bridgehead atoms. The zero-order valence-corrected chi connectivity index (χ0v) is 19.4. The Bertz CT molecular complexity index is 1220. The summed E-state index contributed by atoms with van der Waals surface area (Å²) in [6.07, 6.45) is 8.20. The normalized spacial score (nSPS) is 22.2. The maximum absolute atomic E-state index is 2.72. The Morgan fingerprint density at radius 3 is 2.50 bits per heavy atom. The van der Waals surface area contributed by atoms with E-state index >= 15 is 0 Å². The molecule has 0 amide bonds. The minimum Gasteiger partial charge on any atom is -0.361 e. The number of hydrogen-bond acceptors (Lipinski definition) is 2. The maximum atomic E-state index is 2.72. The molecule has 0 radical (unpaired) electrons. The van der Waals surface area contributed by atoms with Gasteiger partial charge in [0, 0.05) is 42.0 Å². The van der Waals surface area contributed by atoms with E-state index in [2.05, 4.69) is 109 Å². The monoisotopic (exact) mass is 420 g/mol. The number of fused-ring (bicyclic) bond motifs is 3. The van der Waals surface area contributed by atoms with Gasteiger partial charge in [0.1, 0.15) is 0 Å². The van der Waals surface area contributed by atoms with Crippen LogP contribution in [0.4, 0.5) is 17.1 Å². The fourth-order valence-corrected chi connectivity index (χ4v) is 6.42. The lowest BCUT2D eigenvalue weighted by atomic mass is 9.65. The van der Waals surface area contributed by atoms with Crippen molar-refractivity contribution in [1.29, 1.82) is 0 Å². The van der Waals surface area contributed by atoms with Gasteiger partial charge in [-0.15, -0.1) is 0 Å². The number of anilines is 3. The third-order valence-electron chi connectivity index (χ3n) is 8.21. The first-order valence-electron chi connectivity index (χ1n) is 12.1. The van der Waals surface area contributed by atoms with E-state index in [0.29, 0.717) is 0 Å². The summed E-state index contributed by atoms with van der Waals surface area (Å²) < 4.78 is 0. The summed E-state index contributed by atoms with van der Waals surface area (Å²) in [7, 11) is 0. The van der Waals surface area contributed by atoms with E-state index in [1.54, 1.807) is 0 Å². The van der Waals surface area contributed by atoms with E-state index in [9.17, 15) is 0 Å². The van der Waals surface area contributed by atoms with Crippen LogP contribution in [0.5, 0.6) is 0 Å². The Morgan fingerprint density at radius 1 is 0.875 bits per heavy atom. The molecule has 1 spiro atoms. The molecule has 2 heterocycles. The second-order valence-electron chi connectivity index (χ2n) is 10.1. The van der Waals surface area contributed by atoms with Crippen LogP contribution in [0.3, 0.4) is 0 Å². The van der Waals surface area contributed by atoms with E-state index in [-0.39, 0.29) is 11.0 Å². The van der Waals surface area contributed by atoms with Crippen molar-refractivity contribution in [2.75, 3.05) is 22.9 Å². The highest BCUT2D eigenvalue weighted by Crippen LogP contribution is 2.56. The van der Waals surface area contributed by atoms with E-state index in [1.807, 2.05) is 0 Å². The summed E-state index contributed by atoms with van der Waals surface area (Å²) >= 11 is 0. The van der Waals surface area contributed by atoms with Crippen LogP contribution >= 0.6 is 0 Å². The van der Waals surface area contributed by atoms with E-state index < -0.39 is 0 Å². The van der Waals surface area contributed by atoms with E-state index in [4.69, 9.17) is 0 Å². The fourth-order valence-electron chi connectivity index (χ4n) is 6.42. The van der Waals surface area contributed by atoms with Crippen molar-refractivity contribution in [2.45, 2.75) is 51.0 Å². The Kier molecular flexibility index (Phi) is 4.30. The Labute approximate surface area is 192 Å². The van der Waals surface area contributed by atoms with Gasteiger partial charge in [-0.1, -0.05) is 81.5 Å². The molecule has 0 saturated carbocycles. The summed E-state index contributed by atoms with van der Waals surface area (Å²) in [4.78, 5) is 5.23. The number of nitrogens with zero attached hydrogens (tertiary/aromatic N) is 2. The second kappa shape index (κ2) is 7.00. The Hall–Kier alpha value is -3.00. The SMILES string of the molecule is CCCN1c2cc(N3CCc4ccccc43)ccc2C(C)(C)C12C=Cc1ccccc1C2. The lowest BCUT2D eigenvalue weighted by Gasteiger charge is -2.48. The molecular weight excluding hydrogens is 388 g/mol. The predicted molar refractivity (Wildman–Crippen MR) is 136 cm³/mol. The van der Waals surface area contributed by atoms with Crippen LogP contribution in [0.2, 0.25) is 0 Å². The van der Waals surface area contributed by atoms with Crippen LogP contribution in [0, 0.1) is 0 Å². The molecule has 0 fully saturated rings. The van der Waals surface area contributed by atoms with Crippen molar-refractivity contribution in [2.24, 2.45) is 0 Å². The van der Waals surface area contributed by atoms with Gasteiger partial charge in [-0.3, -0.25) is 0 Å². The van der Waals surface area contributed by atoms with Crippen molar-refractivity contribution in [1.82, 2.24) is 0 Å². The zero-order chi connectivity index (χ0) is 21.9. The quantitative estimate of drug-likeness (QED) is 0.455. The number of para-hydroxylation sites is 1. The molecule has 3 aromatic rings. The Morgan fingerprint density at radius 2 is 1.66 bits per heavy atom. The molecule has 3 aromatic carbocycles. The molecule has 1 unspecified atom stereocenters. The predicted octanol–water partition coefficient (Wildman–Crippen LogP) is 6.90. The van der Waals surface area contributed by atoms with E-state index in [1.165, 1.54) is 39.3 Å². The van der Waals surface area contributed by atoms with Crippen LogP contribution in [-0.2, 0) is 18.3 Å². The minimum atomic E-state index is -0.0266. The average Bonchev–Trinajstić information content (AvgIpc) is 3.32.